The molecule has 2 bridgehead atoms. The predicted octanol–water partition coefficient (Wildman–Crippen LogP) is 3.87. The molecular weight excluding hydrogens is 350 g/mol. The summed E-state index contributed by atoms with van der Waals surface area (Å²) in [5.74, 6) is 1.54. The summed E-state index contributed by atoms with van der Waals surface area (Å²) >= 11 is 0. The number of carbonyl (C=O) groups is 1. The van der Waals surface area contributed by atoms with Crippen molar-refractivity contribution in [1.29, 1.82) is 0 Å². The SMILES string of the molecule is Cc1cc2cc(C(=O)N3CC4CCC(C3)N(Cc3ccccn3)C4)ccc2o1. The third-order valence-corrected chi connectivity index (χ3v) is 6.09. The summed E-state index contributed by atoms with van der Waals surface area (Å²) in [4.78, 5) is 22.3. The van der Waals surface area contributed by atoms with Gasteiger partial charge >= 0.3 is 0 Å². The standard InChI is InChI=1S/C23H25N3O2/c1-16-10-19-11-18(6-8-22(19)28-16)23(27)26-13-17-5-7-21(15-26)25(12-17)14-20-4-2-3-9-24-20/h2-4,6,8-11,17,21H,5,7,12-15H2,1H3. The molecule has 6 rings (SSSR count). The van der Waals surface area contributed by atoms with E-state index in [0.29, 0.717) is 12.0 Å². The van der Waals surface area contributed by atoms with Crippen molar-refractivity contribution in [1.82, 2.24) is 14.8 Å². The Morgan fingerprint density at radius 1 is 1.14 bits per heavy atom. The van der Waals surface area contributed by atoms with E-state index in [1.165, 1.54) is 6.42 Å². The molecule has 3 fully saturated rings. The van der Waals surface area contributed by atoms with E-state index in [1.807, 2.05) is 49.5 Å². The van der Waals surface area contributed by atoms with Gasteiger partial charge in [-0.2, -0.15) is 0 Å². The van der Waals surface area contributed by atoms with Gasteiger partial charge in [0.05, 0.1) is 5.69 Å². The number of furan rings is 1. The van der Waals surface area contributed by atoms with Gasteiger partial charge in [-0.05, 0) is 62.1 Å². The van der Waals surface area contributed by atoms with Crippen LogP contribution < -0.4 is 0 Å². The van der Waals surface area contributed by atoms with Crippen LogP contribution in [0.2, 0.25) is 0 Å². The van der Waals surface area contributed by atoms with Gasteiger partial charge in [0.2, 0.25) is 0 Å². The molecule has 2 unspecified atom stereocenters. The summed E-state index contributed by atoms with van der Waals surface area (Å²) in [7, 11) is 0. The maximum atomic E-state index is 13.3. The third-order valence-electron chi connectivity index (χ3n) is 6.09. The van der Waals surface area contributed by atoms with Crippen LogP contribution in [0.15, 0.2) is 53.1 Å². The lowest BCUT2D eigenvalue weighted by Gasteiger charge is -2.35. The first kappa shape index (κ1) is 17.4. The fourth-order valence-electron chi connectivity index (χ4n) is 4.73. The zero-order valence-electron chi connectivity index (χ0n) is 16.2. The van der Waals surface area contributed by atoms with Crippen LogP contribution in [-0.2, 0) is 6.54 Å². The van der Waals surface area contributed by atoms with Gasteiger partial charge in [-0.15, -0.1) is 0 Å². The van der Waals surface area contributed by atoms with E-state index in [1.54, 1.807) is 0 Å². The molecule has 0 radical (unpaired) electrons. The highest BCUT2D eigenvalue weighted by molar-refractivity contribution is 5.98. The highest BCUT2D eigenvalue weighted by Crippen LogP contribution is 2.30. The lowest BCUT2D eigenvalue weighted by atomic mass is 9.95. The van der Waals surface area contributed by atoms with Crippen molar-refractivity contribution in [2.24, 2.45) is 5.92 Å². The molecule has 1 amide bonds. The number of pyridine rings is 1. The summed E-state index contributed by atoms with van der Waals surface area (Å²) in [6.45, 7) is 5.49. The van der Waals surface area contributed by atoms with E-state index in [4.69, 9.17) is 4.42 Å². The Bertz CT molecular complexity index is 998. The number of piperidine rings is 1. The van der Waals surface area contributed by atoms with Crippen molar-refractivity contribution in [3.8, 4) is 0 Å². The molecule has 3 aromatic rings. The van der Waals surface area contributed by atoms with E-state index < -0.39 is 0 Å². The molecule has 0 N–H and O–H groups in total. The number of aryl methyl sites for hydroxylation is 1. The highest BCUT2D eigenvalue weighted by atomic mass is 16.3. The fraction of sp³-hybridized carbons (Fsp3) is 0.391. The van der Waals surface area contributed by atoms with Crippen LogP contribution in [0.1, 0.15) is 34.7 Å². The van der Waals surface area contributed by atoms with Crippen LogP contribution >= 0.6 is 0 Å². The zero-order chi connectivity index (χ0) is 19.1. The summed E-state index contributed by atoms with van der Waals surface area (Å²) in [6, 6.07) is 14.3. The van der Waals surface area contributed by atoms with Crippen molar-refractivity contribution in [2.75, 3.05) is 19.6 Å². The number of aromatic nitrogens is 1. The molecular formula is C23H25N3O2. The Kier molecular flexibility index (Phi) is 4.40. The second-order valence-corrected chi connectivity index (χ2v) is 8.17. The normalized spacial score (nSPS) is 22.5. The molecule has 1 aromatic carbocycles. The lowest BCUT2D eigenvalue weighted by Crippen LogP contribution is -2.44. The highest BCUT2D eigenvalue weighted by Gasteiger charge is 2.36. The van der Waals surface area contributed by atoms with E-state index in [9.17, 15) is 4.79 Å². The van der Waals surface area contributed by atoms with Gasteiger partial charge in [0.25, 0.3) is 5.91 Å². The predicted molar refractivity (Wildman–Crippen MR) is 108 cm³/mol. The maximum absolute atomic E-state index is 13.3. The van der Waals surface area contributed by atoms with Crippen LogP contribution in [0, 0.1) is 12.8 Å². The Labute approximate surface area is 165 Å². The van der Waals surface area contributed by atoms with Crippen LogP contribution in [0.4, 0.5) is 0 Å². The van der Waals surface area contributed by atoms with Gasteiger partial charge in [-0.1, -0.05) is 6.07 Å². The second kappa shape index (κ2) is 7.06. The molecule has 3 aliphatic heterocycles. The number of nitrogens with zero attached hydrogens (tertiary/aromatic N) is 3. The Hall–Kier alpha value is -2.66. The van der Waals surface area contributed by atoms with Gasteiger partial charge in [-0.25, -0.2) is 0 Å². The smallest absolute Gasteiger partial charge is 0.253 e. The van der Waals surface area contributed by atoms with E-state index >= 15 is 0 Å². The van der Waals surface area contributed by atoms with Gasteiger partial charge in [0.1, 0.15) is 11.3 Å². The first-order valence-corrected chi connectivity index (χ1v) is 10.1. The lowest BCUT2D eigenvalue weighted by molar-refractivity contribution is 0.0735. The second-order valence-electron chi connectivity index (χ2n) is 8.17. The number of rotatable bonds is 3. The van der Waals surface area contributed by atoms with Gasteiger partial charge in [0.15, 0.2) is 0 Å². The third kappa shape index (κ3) is 3.31. The number of hydrogen-bond acceptors (Lipinski definition) is 4. The monoisotopic (exact) mass is 375 g/mol. The van der Waals surface area contributed by atoms with Crippen LogP contribution in [0.25, 0.3) is 11.0 Å². The van der Waals surface area contributed by atoms with E-state index in [0.717, 1.165) is 60.6 Å². The van der Waals surface area contributed by atoms with Gasteiger partial charge in [0, 0.05) is 49.4 Å². The molecule has 5 nitrogen and oxygen atoms in total. The average Bonchev–Trinajstić information content (AvgIpc) is 2.86. The van der Waals surface area contributed by atoms with Crippen molar-refractivity contribution in [3.63, 3.8) is 0 Å². The van der Waals surface area contributed by atoms with Crippen LogP contribution in [-0.4, -0.2) is 46.4 Å². The first-order chi connectivity index (χ1) is 13.7. The molecule has 0 saturated carbocycles. The van der Waals surface area contributed by atoms with Crippen LogP contribution in [0.5, 0.6) is 0 Å². The van der Waals surface area contributed by atoms with Gasteiger partial charge < -0.3 is 9.32 Å². The molecule has 3 saturated heterocycles. The van der Waals surface area contributed by atoms with Crippen molar-refractivity contribution >= 4 is 16.9 Å². The topological polar surface area (TPSA) is 49.6 Å². The molecule has 0 spiro atoms. The molecule has 5 heterocycles. The molecule has 2 atom stereocenters. The summed E-state index contributed by atoms with van der Waals surface area (Å²) in [6.07, 6.45) is 4.21. The Morgan fingerprint density at radius 3 is 2.93 bits per heavy atom. The zero-order valence-corrected chi connectivity index (χ0v) is 16.2. The van der Waals surface area contributed by atoms with Crippen LogP contribution in [0.3, 0.4) is 0 Å². The molecule has 144 valence electrons. The molecule has 0 aliphatic carbocycles. The Morgan fingerprint density at radius 2 is 2.07 bits per heavy atom. The van der Waals surface area contributed by atoms with Crippen molar-refractivity contribution in [3.05, 3.63) is 65.7 Å². The maximum Gasteiger partial charge on any atom is 0.253 e. The number of benzene rings is 1. The number of hydrogen-bond donors (Lipinski definition) is 0. The minimum absolute atomic E-state index is 0.136. The minimum Gasteiger partial charge on any atom is -0.461 e. The Balaban J connectivity index is 1.35. The first-order valence-electron chi connectivity index (χ1n) is 10.1. The summed E-state index contributed by atoms with van der Waals surface area (Å²) in [5, 5.41) is 0.998. The van der Waals surface area contributed by atoms with Crippen molar-refractivity contribution < 1.29 is 9.21 Å². The summed E-state index contributed by atoms with van der Waals surface area (Å²) < 4.78 is 5.65. The van der Waals surface area contributed by atoms with E-state index in [2.05, 4.69) is 20.9 Å². The number of amides is 1. The number of fused-ring (bicyclic) bond motifs is 5. The fourth-order valence-corrected chi connectivity index (χ4v) is 4.73. The van der Waals surface area contributed by atoms with E-state index in [-0.39, 0.29) is 5.91 Å². The quantitative estimate of drug-likeness (QED) is 0.697. The number of carbonyl (C=O) groups excluding carboxylic acids is 1. The molecule has 5 heteroatoms. The molecule has 3 aliphatic rings. The van der Waals surface area contributed by atoms with Crippen molar-refractivity contribution in [2.45, 2.75) is 32.4 Å². The molecule has 28 heavy (non-hydrogen) atoms. The average molecular weight is 375 g/mol. The minimum atomic E-state index is 0.136. The van der Waals surface area contributed by atoms with Gasteiger partial charge in [-0.3, -0.25) is 14.7 Å². The molecule has 2 aromatic heterocycles. The largest absolute Gasteiger partial charge is 0.461 e. The summed E-state index contributed by atoms with van der Waals surface area (Å²) in [5.41, 5.74) is 2.70.